The van der Waals surface area contributed by atoms with E-state index in [9.17, 15) is 14.4 Å². The Bertz CT molecular complexity index is 562. The van der Waals surface area contributed by atoms with Crippen LogP contribution in [0.1, 0.15) is 25.3 Å². The minimum atomic E-state index is -0.661. The van der Waals surface area contributed by atoms with Gasteiger partial charge in [-0.05, 0) is 37.5 Å². The summed E-state index contributed by atoms with van der Waals surface area (Å²) < 4.78 is 4.99. The molecule has 0 spiro atoms. The normalized spacial score (nSPS) is 17.4. The molecule has 0 saturated carbocycles. The molecule has 0 bridgehead atoms. The van der Waals surface area contributed by atoms with Crippen molar-refractivity contribution in [2.45, 2.75) is 26.3 Å². The molecule has 1 saturated heterocycles. The molecule has 1 atom stereocenters. The van der Waals surface area contributed by atoms with Gasteiger partial charge in [0.15, 0.2) is 0 Å². The number of aromatic nitrogens is 1. The number of rotatable bonds is 4. The number of likely N-dealkylation sites (tertiary alicyclic amines) is 1. The van der Waals surface area contributed by atoms with Gasteiger partial charge in [-0.3, -0.25) is 19.4 Å². The molecule has 1 aliphatic rings. The van der Waals surface area contributed by atoms with Gasteiger partial charge in [-0.15, -0.1) is 0 Å². The molecule has 2 rings (SSSR count). The molecule has 1 fully saturated rings. The number of carbonyl (C=O) groups is 3. The number of pyridine rings is 1. The van der Waals surface area contributed by atoms with Crippen molar-refractivity contribution in [1.29, 1.82) is 0 Å². The van der Waals surface area contributed by atoms with Crippen molar-refractivity contribution in [3.05, 3.63) is 30.1 Å². The van der Waals surface area contributed by atoms with Crippen LogP contribution in [0, 0.1) is 5.92 Å². The van der Waals surface area contributed by atoms with Crippen LogP contribution in [0.5, 0.6) is 0 Å². The summed E-state index contributed by atoms with van der Waals surface area (Å²) in [5.41, 5.74) is 0.865. The first kappa shape index (κ1) is 16.9. The van der Waals surface area contributed by atoms with E-state index in [1.807, 2.05) is 0 Å². The van der Waals surface area contributed by atoms with E-state index in [2.05, 4.69) is 10.3 Å². The van der Waals surface area contributed by atoms with Crippen molar-refractivity contribution in [2.75, 3.05) is 19.7 Å². The lowest BCUT2D eigenvalue weighted by molar-refractivity contribution is -0.154. The summed E-state index contributed by atoms with van der Waals surface area (Å²) in [5, 5.41) is 2.59. The highest BCUT2D eigenvalue weighted by molar-refractivity contribution is 6.35. The van der Waals surface area contributed by atoms with E-state index >= 15 is 0 Å². The van der Waals surface area contributed by atoms with Crippen molar-refractivity contribution >= 4 is 17.8 Å². The van der Waals surface area contributed by atoms with E-state index in [1.165, 1.54) is 4.90 Å². The third kappa shape index (κ3) is 4.77. The second-order valence-corrected chi connectivity index (χ2v) is 5.38. The van der Waals surface area contributed by atoms with E-state index in [-0.39, 0.29) is 25.0 Å². The molecular weight excluding hydrogens is 298 g/mol. The van der Waals surface area contributed by atoms with Crippen LogP contribution < -0.4 is 5.32 Å². The summed E-state index contributed by atoms with van der Waals surface area (Å²) in [5.74, 6) is -1.91. The molecule has 1 N–H and O–H groups in total. The number of carbonyl (C=O) groups excluding carboxylic acids is 3. The molecule has 124 valence electrons. The van der Waals surface area contributed by atoms with Crippen molar-refractivity contribution in [3.63, 3.8) is 0 Å². The van der Waals surface area contributed by atoms with Crippen molar-refractivity contribution in [3.8, 4) is 0 Å². The largest absolute Gasteiger partial charge is 0.466 e. The summed E-state index contributed by atoms with van der Waals surface area (Å²) in [6.45, 7) is 3.05. The first-order valence-electron chi connectivity index (χ1n) is 7.74. The zero-order chi connectivity index (χ0) is 16.7. The molecule has 1 aromatic rings. The van der Waals surface area contributed by atoms with Crippen LogP contribution in [-0.4, -0.2) is 47.4 Å². The Hall–Kier alpha value is -2.44. The number of piperidine rings is 1. The molecule has 0 aliphatic carbocycles. The minimum Gasteiger partial charge on any atom is -0.466 e. The zero-order valence-electron chi connectivity index (χ0n) is 13.2. The van der Waals surface area contributed by atoms with Gasteiger partial charge in [0.05, 0.1) is 12.5 Å². The number of nitrogens with zero attached hydrogens (tertiary/aromatic N) is 2. The predicted octanol–water partition coefficient (Wildman–Crippen LogP) is 0.500. The van der Waals surface area contributed by atoms with E-state index in [1.54, 1.807) is 31.5 Å². The topological polar surface area (TPSA) is 88.6 Å². The van der Waals surface area contributed by atoms with Crippen LogP contribution in [0.15, 0.2) is 24.5 Å². The zero-order valence-corrected chi connectivity index (χ0v) is 13.2. The first-order valence-corrected chi connectivity index (χ1v) is 7.74. The van der Waals surface area contributed by atoms with Crippen molar-refractivity contribution in [1.82, 2.24) is 15.2 Å². The third-order valence-electron chi connectivity index (χ3n) is 3.73. The Morgan fingerprint density at radius 2 is 2.09 bits per heavy atom. The van der Waals surface area contributed by atoms with Gasteiger partial charge in [0.25, 0.3) is 0 Å². The molecule has 7 nitrogen and oxygen atoms in total. The summed E-state index contributed by atoms with van der Waals surface area (Å²) in [7, 11) is 0. The highest BCUT2D eigenvalue weighted by Crippen LogP contribution is 2.18. The van der Waals surface area contributed by atoms with Crippen LogP contribution in [0.2, 0.25) is 0 Å². The number of hydrogen-bond acceptors (Lipinski definition) is 5. The van der Waals surface area contributed by atoms with Gasteiger partial charge in [0.2, 0.25) is 0 Å². The molecule has 1 aromatic heterocycles. The molecule has 2 heterocycles. The Balaban J connectivity index is 1.86. The van der Waals surface area contributed by atoms with E-state index in [0.717, 1.165) is 5.56 Å². The monoisotopic (exact) mass is 319 g/mol. The quantitative estimate of drug-likeness (QED) is 0.645. The van der Waals surface area contributed by atoms with Gasteiger partial charge in [-0.25, -0.2) is 0 Å². The highest BCUT2D eigenvalue weighted by Gasteiger charge is 2.31. The molecule has 2 amide bonds. The first-order chi connectivity index (χ1) is 11.1. The smallest absolute Gasteiger partial charge is 0.311 e. The number of hydrogen-bond donors (Lipinski definition) is 1. The second-order valence-electron chi connectivity index (χ2n) is 5.38. The standard InChI is InChI=1S/C16H21N3O4/c1-2-23-16(22)13-4-3-9-19(11-13)15(21)14(20)18-10-12-5-7-17-8-6-12/h5-8,13H,2-4,9-11H2,1H3,(H,18,20). The average Bonchev–Trinajstić information content (AvgIpc) is 2.60. The van der Waals surface area contributed by atoms with Crippen LogP contribution in [-0.2, 0) is 25.7 Å². The van der Waals surface area contributed by atoms with Gasteiger partial charge < -0.3 is 15.0 Å². The molecule has 0 aromatic carbocycles. The SMILES string of the molecule is CCOC(=O)C1CCCN(C(=O)C(=O)NCc2ccncc2)C1. The second kappa shape index (κ2) is 8.26. The van der Waals surface area contributed by atoms with E-state index in [0.29, 0.717) is 26.0 Å². The Morgan fingerprint density at radius 1 is 1.35 bits per heavy atom. The lowest BCUT2D eigenvalue weighted by Crippen LogP contribution is -2.48. The van der Waals surface area contributed by atoms with Crippen molar-refractivity contribution in [2.24, 2.45) is 5.92 Å². The summed E-state index contributed by atoms with van der Waals surface area (Å²) in [6.07, 6.45) is 4.61. The van der Waals surface area contributed by atoms with Crippen LogP contribution in [0.4, 0.5) is 0 Å². The molecule has 1 unspecified atom stereocenters. The summed E-state index contributed by atoms with van der Waals surface area (Å²) in [4.78, 5) is 41.3. The molecule has 0 radical (unpaired) electrons. The maximum Gasteiger partial charge on any atom is 0.311 e. The predicted molar refractivity (Wildman–Crippen MR) is 82.0 cm³/mol. The van der Waals surface area contributed by atoms with Gasteiger partial charge >= 0.3 is 17.8 Å². The van der Waals surface area contributed by atoms with Gasteiger partial charge in [0.1, 0.15) is 0 Å². The van der Waals surface area contributed by atoms with Crippen LogP contribution in [0.25, 0.3) is 0 Å². The number of ether oxygens (including phenoxy) is 1. The number of esters is 1. The lowest BCUT2D eigenvalue weighted by Gasteiger charge is -2.30. The van der Waals surface area contributed by atoms with Crippen LogP contribution >= 0.6 is 0 Å². The Labute approximate surface area is 135 Å². The summed E-state index contributed by atoms with van der Waals surface area (Å²) >= 11 is 0. The van der Waals surface area contributed by atoms with Gasteiger partial charge in [-0.1, -0.05) is 0 Å². The highest BCUT2D eigenvalue weighted by atomic mass is 16.5. The summed E-state index contributed by atoms with van der Waals surface area (Å²) in [6, 6.07) is 3.53. The van der Waals surface area contributed by atoms with Gasteiger partial charge in [0, 0.05) is 32.0 Å². The fourth-order valence-corrected chi connectivity index (χ4v) is 2.52. The maximum atomic E-state index is 12.2. The number of amides is 2. The Kier molecular flexibility index (Phi) is 6.08. The average molecular weight is 319 g/mol. The van der Waals surface area contributed by atoms with Crippen molar-refractivity contribution < 1.29 is 19.1 Å². The lowest BCUT2D eigenvalue weighted by atomic mass is 9.98. The molecular formula is C16H21N3O4. The minimum absolute atomic E-state index is 0.236. The number of nitrogens with one attached hydrogen (secondary N) is 1. The van der Waals surface area contributed by atoms with E-state index < -0.39 is 11.8 Å². The maximum absolute atomic E-state index is 12.2. The van der Waals surface area contributed by atoms with Crippen LogP contribution in [0.3, 0.4) is 0 Å². The Morgan fingerprint density at radius 3 is 2.78 bits per heavy atom. The fraction of sp³-hybridized carbons (Fsp3) is 0.500. The molecule has 7 heteroatoms. The molecule has 1 aliphatic heterocycles. The van der Waals surface area contributed by atoms with Gasteiger partial charge in [-0.2, -0.15) is 0 Å². The third-order valence-corrected chi connectivity index (χ3v) is 3.73. The van der Waals surface area contributed by atoms with E-state index in [4.69, 9.17) is 4.74 Å². The molecule has 23 heavy (non-hydrogen) atoms. The fourth-order valence-electron chi connectivity index (χ4n) is 2.52.